The van der Waals surface area contributed by atoms with Gasteiger partial charge >= 0.3 is 0 Å². The van der Waals surface area contributed by atoms with E-state index in [1.165, 1.54) is 231 Å². The number of nitrogens with one attached hydrogen (secondary N) is 2. The van der Waals surface area contributed by atoms with Gasteiger partial charge in [-0.05, 0) is 124 Å². The molecule has 2 unspecified atom stereocenters. The third-order valence-corrected chi connectivity index (χ3v) is 20.5. The van der Waals surface area contributed by atoms with Gasteiger partial charge in [0.15, 0.2) is 28.8 Å². The summed E-state index contributed by atoms with van der Waals surface area (Å²) < 4.78 is 38.1. The molecule has 12 nitrogen and oxygen atoms in total. The van der Waals surface area contributed by atoms with Gasteiger partial charge in [0.1, 0.15) is 12.4 Å². The number of hydrogen-bond donors (Lipinski definition) is 3. The fraction of sp³-hybridized carbons (Fsp3) is 0.707. The highest BCUT2D eigenvalue weighted by molar-refractivity contribution is 5.99. The van der Waals surface area contributed by atoms with Crippen molar-refractivity contribution in [3.05, 3.63) is 112 Å². The number of ketones is 1. The van der Waals surface area contributed by atoms with Gasteiger partial charge in [-0.25, -0.2) is 0 Å². The zero-order chi connectivity index (χ0) is 74.4. The predicted octanol–water partition coefficient (Wildman–Crippen LogP) is 25.3. The molecule has 0 bridgehead atoms. The minimum atomic E-state index is -0.752. The lowest BCUT2D eigenvalue weighted by Gasteiger charge is -2.20. The van der Waals surface area contributed by atoms with Gasteiger partial charge in [-0.1, -0.05) is 327 Å². The summed E-state index contributed by atoms with van der Waals surface area (Å²) in [5.74, 6) is 2.79. The minimum Gasteiger partial charge on any atom is -0.491 e. The summed E-state index contributed by atoms with van der Waals surface area (Å²) in [4.78, 5) is 43.0. The third-order valence-electron chi connectivity index (χ3n) is 20.5. The van der Waals surface area contributed by atoms with Crippen molar-refractivity contribution in [1.29, 1.82) is 0 Å². The summed E-state index contributed by atoms with van der Waals surface area (Å²) in [5.41, 5.74) is 11.3. The van der Waals surface area contributed by atoms with Gasteiger partial charge < -0.3 is 44.8 Å². The van der Waals surface area contributed by atoms with Crippen LogP contribution in [0.4, 0.5) is 0 Å². The number of ether oxygens (including phenoxy) is 6. The number of rotatable bonds is 71. The van der Waals surface area contributed by atoms with Crippen LogP contribution in [0.25, 0.3) is 0 Å². The maximum atomic E-state index is 14.6. The number of Topliss-reactive ketones (excluding diaryl/α,β-unsaturated/α-hetero) is 1. The SMILES string of the molecule is CCCCCCCCCCCCCOc1cc(C(=O)NCCCCC(NC(=O)c2cc(C)c(OCCCCCCCCCCCCC)c(OCCCCCCCCCCCCC)c2)C(=O)CCCOCCOc2ccc(C(N)c3ccccc3)cc2)cc(C)c1OCCCCCCCCCCCCC. The predicted molar refractivity (Wildman–Crippen MR) is 437 cm³/mol. The molecule has 4 N–H and O–H groups in total. The zero-order valence-electron chi connectivity index (χ0n) is 67.2. The molecule has 0 fully saturated rings. The molecule has 4 aromatic carbocycles. The van der Waals surface area contributed by atoms with E-state index in [1.807, 2.05) is 92.7 Å². The molecule has 4 rings (SSSR count). The van der Waals surface area contributed by atoms with Crippen LogP contribution >= 0.6 is 0 Å². The first-order valence-electron chi connectivity index (χ1n) is 43.1. The molecule has 2 amide bonds. The van der Waals surface area contributed by atoms with Crippen molar-refractivity contribution >= 4 is 17.6 Å². The minimum absolute atomic E-state index is 0.0605. The van der Waals surface area contributed by atoms with Crippen molar-refractivity contribution in [3.8, 4) is 28.7 Å². The highest BCUT2D eigenvalue weighted by Crippen LogP contribution is 2.36. The molecule has 0 aromatic heterocycles. The first-order valence-corrected chi connectivity index (χ1v) is 43.1. The van der Waals surface area contributed by atoms with Crippen LogP contribution in [0.1, 0.15) is 391 Å². The van der Waals surface area contributed by atoms with Crippen molar-refractivity contribution in [2.45, 2.75) is 368 Å². The number of benzene rings is 4. The molecule has 2 atom stereocenters. The molecule has 0 saturated heterocycles. The standard InChI is InChI=1S/C92H151N3O9/c1-7-11-15-19-23-27-31-35-39-43-52-67-101-86-75-81(73-77(5)89(86)103-69-54-45-41-37-33-29-25-21-17-13-9-3)91(97)94-65-51-50-59-84(85(96)60-56-66-99-71-72-100-83-63-61-80(62-64-83)88(93)79-57-48-47-49-58-79)95-92(98)82-74-78(6)90(104-70-55-46-42-38-34-30-26-22-18-14-10-4)87(76-82)102-68-53-44-40-36-32-28-24-20-16-12-8-2/h47-49,57-58,61-64,73-76,84,88H,7-46,50-56,59-60,65-72,93H2,1-6H3,(H,94,97)(H,95,98). The molecule has 588 valence electrons. The summed E-state index contributed by atoms with van der Waals surface area (Å²) in [6.07, 6.45) is 57.8. The normalized spacial score (nSPS) is 12.0. The maximum absolute atomic E-state index is 14.6. The average Bonchev–Trinajstić information content (AvgIpc) is 0.827. The largest absolute Gasteiger partial charge is 0.491 e. The Hall–Kier alpha value is -5.59. The Kier molecular flexibility index (Phi) is 54.5. The molecule has 0 aliphatic heterocycles. The molecule has 12 heteroatoms. The second-order valence-corrected chi connectivity index (χ2v) is 30.0. The molecule has 0 saturated carbocycles. The van der Waals surface area contributed by atoms with Crippen LogP contribution in [0.15, 0.2) is 78.9 Å². The molecule has 0 aliphatic carbocycles. The zero-order valence-corrected chi connectivity index (χ0v) is 67.2. The Balaban J connectivity index is 1.41. The Morgan fingerprint density at radius 2 is 0.721 bits per heavy atom. The van der Waals surface area contributed by atoms with Gasteiger partial charge in [-0.3, -0.25) is 14.4 Å². The summed E-state index contributed by atoms with van der Waals surface area (Å²) in [6, 6.07) is 24.4. The Bertz CT molecular complexity index is 2740. The van der Waals surface area contributed by atoms with Gasteiger partial charge in [0.05, 0.1) is 45.1 Å². The van der Waals surface area contributed by atoms with E-state index in [0.717, 1.165) is 85.1 Å². The van der Waals surface area contributed by atoms with E-state index < -0.39 is 6.04 Å². The fourth-order valence-corrected chi connectivity index (χ4v) is 13.9. The van der Waals surface area contributed by atoms with E-state index >= 15 is 0 Å². The first kappa shape index (κ1) is 90.8. The number of carbonyl (C=O) groups is 3. The Labute approximate surface area is 635 Å². The van der Waals surface area contributed by atoms with Crippen LogP contribution in [0.3, 0.4) is 0 Å². The molecule has 0 aliphatic rings. The van der Waals surface area contributed by atoms with Gasteiger partial charge in [0, 0.05) is 30.7 Å². The van der Waals surface area contributed by atoms with Crippen LogP contribution in [0.2, 0.25) is 0 Å². The monoisotopic (exact) mass is 1440 g/mol. The lowest BCUT2D eigenvalue weighted by atomic mass is 10.00. The molecule has 4 aromatic rings. The van der Waals surface area contributed by atoms with Crippen molar-refractivity contribution < 1.29 is 42.8 Å². The second-order valence-electron chi connectivity index (χ2n) is 30.0. The highest BCUT2D eigenvalue weighted by atomic mass is 16.5. The first-order chi connectivity index (χ1) is 51.1. The quantitative estimate of drug-likeness (QED) is 0.0364. The summed E-state index contributed by atoms with van der Waals surface area (Å²) in [5, 5.41) is 6.34. The summed E-state index contributed by atoms with van der Waals surface area (Å²) in [7, 11) is 0. The van der Waals surface area contributed by atoms with Gasteiger partial charge in [-0.2, -0.15) is 0 Å². The smallest absolute Gasteiger partial charge is 0.252 e. The van der Waals surface area contributed by atoms with Crippen LogP contribution in [-0.2, 0) is 9.53 Å². The highest BCUT2D eigenvalue weighted by Gasteiger charge is 2.24. The number of amides is 2. The van der Waals surface area contributed by atoms with Crippen LogP contribution < -0.4 is 40.1 Å². The molecular formula is C92H151N3O9. The van der Waals surface area contributed by atoms with E-state index in [9.17, 15) is 14.4 Å². The number of unbranched alkanes of at least 4 members (excludes halogenated alkanes) is 41. The number of aryl methyl sites for hydroxylation is 2. The van der Waals surface area contributed by atoms with E-state index in [-0.39, 0.29) is 30.1 Å². The van der Waals surface area contributed by atoms with Crippen molar-refractivity contribution in [2.24, 2.45) is 5.73 Å². The molecule has 0 heterocycles. The van der Waals surface area contributed by atoms with Crippen LogP contribution in [0, 0.1) is 13.8 Å². The second kappa shape index (κ2) is 62.4. The molecular weight excluding hydrogens is 1290 g/mol. The van der Waals surface area contributed by atoms with Crippen molar-refractivity contribution in [2.75, 3.05) is 52.8 Å². The van der Waals surface area contributed by atoms with Crippen molar-refractivity contribution in [1.82, 2.24) is 10.6 Å². The van der Waals surface area contributed by atoms with E-state index in [1.54, 1.807) is 0 Å². The molecule has 0 radical (unpaired) electrons. The fourth-order valence-electron chi connectivity index (χ4n) is 13.9. The van der Waals surface area contributed by atoms with Gasteiger partial charge in [0.25, 0.3) is 11.8 Å². The third kappa shape index (κ3) is 43.3. The maximum Gasteiger partial charge on any atom is 0.252 e. The molecule has 104 heavy (non-hydrogen) atoms. The van der Waals surface area contributed by atoms with Crippen molar-refractivity contribution in [3.63, 3.8) is 0 Å². The van der Waals surface area contributed by atoms with Gasteiger partial charge in [-0.15, -0.1) is 0 Å². The average molecular weight is 1440 g/mol. The Morgan fingerprint density at radius 1 is 0.356 bits per heavy atom. The number of nitrogens with two attached hydrogens (primary N) is 1. The number of hydrogen-bond acceptors (Lipinski definition) is 10. The number of carbonyl (C=O) groups excluding carboxylic acids is 3. The van der Waals surface area contributed by atoms with Gasteiger partial charge in [0.2, 0.25) is 0 Å². The Morgan fingerprint density at radius 3 is 1.12 bits per heavy atom. The molecule has 0 spiro atoms. The topological polar surface area (TPSA) is 157 Å². The van der Waals surface area contributed by atoms with Crippen LogP contribution in [-0.4, -0.2) is 76.4 Å². The van der Waals surface area contributed by atoms with E-state index in [2.05, 4.69) is 38.3 Å². The van der Waals surface area contributed by atoms with E-state index in [0.29, 0.717) is 107 Å². The summed E-state index contributed by atoms with van der Waals surface area (Å²) >= 11 is 0. The summed E-state index contributed by atoms with van der Waals surface area (Å²) in [6.45, 7) is 16.9. The lowest BCUT2D eigenvalue weighted by Crippen LogP contribution is -2.41. The lowest BCUT2D eigenvalue weighted by molar-refractivity contribution is -0.121. The van der Waals surface area contributed by atoms with E-state index in [4.69, 9.17) is 34.2 Å². The van der Waals surface area contributed by atoms with Crippen LogP contribution in [0.5, 0.6) is 28.7 Å².